The van der Waals surface area contributed by atoms with E-state index in [2.05, 4.69) is 0 Å². The van der Waals surface area contributed by atoms with E-state index < -0.39 is 92.6 Å². The number of hydrogen-bond acceptors (Lipinski definition) is 14. The minimum absolute atomic E-state index is 0.339. The SMILES string of the molecule is C[C@@H]1O[C@@H](O[C@H]2[C@H](O)[C@H](O)CO[C@H]2O)[C@H](O)[C@H](O[C@@H]2O[C@H](CO)[C@@H](O)[C@H](O)[C@H]2O)[C@H]1O. The van der Waals surface area contributed by atoms with Gasteiger partial charge in [0.25, 0.3) is 0 Å². The van der Waals surface area contributed by atoms with Crippen molar-refractivity contribution in [3.8, 4) is 0 Å². The first-order chi connectivity index (χ1) is 14.6. The van der Waals surface area contributed by atoms with Crippen LogP contribution in [0.4, 0.5) is 0 Å². The highest BCUT2D eigenvalue weighted by molar-refractivity contribution is 4.94. The average molecular weight is 458 g/mol. The van der Waals surface area contributed by atoms with Crippen LogP contribution < -0.4 is 0 Å². The molecule has 0 amide bonds. The van der Waals surface area contributed by atoms with Crippen molar-refractivity contribution in [3.63, 3.8) is 0 Å². The van der Waals surface area contributed by atoms with E-state index in [-0.39, 0.29) is 6.61 Å². The van der Waals surface area contributed by atoms with Gasteiger partial charge >= 0.3 is 0 Å². The van der Waals surface area contributed by atoms with Crippen molar-refractivity contribution in [2.75, 3.05) is 13.2 Å². The Bertz CT molecular complexity index is 579. The maximum Gasteiger partial charge on any atom is 0.187 e. The van der Waals surface area contributed by atoms with Gasteiger partial charge in [-0.25, -0.2) is 0 Å². The third kappa shape index (κ3) is 5.02. The molecule has 14 nitrogen and oxygen atoms in total. The lowest BCUT2D eigenvalue weighted by molar-refractivity contribution is -0.375. The number of hydrogen-bond donors (Lipinski definition) is 9. The van der Waals surface area contributed by atoms with Crippen molar-refractivity contribution in [3.05, 3.63) is 0 Å². The minimum Gasteiger partial charge on any atom is -0.394 e. The van der Waals surface area contributed by atoms with Crippen molar-refractivity contribution >= 4 is 0 Å². The number of ether oxygens (including phenoxy) is 5. The molecule has 0 aromatic heterocycles. The van der Waals surface area contributed by atoms with Crippen LogP contribution in [0.1, 0.15) is 6.92 Å². The molecule has 9 N–H and O–H groups in total. The molecule has 0 bridgehead atoms. The molecule has 182 valence electrons. The first-order valence-electron chi connectivity index (χ1n) is 9.85. The van der Waals surface area contributed by atoms with E-state index >= 15 is 0 Å². The van der Waals surface area contributed by atoms with Crippen LogP contribution >= 0.6 is 0 Å². The molecule has 0 spiro atoms. The van der Waals surface area contributed by atoms with Gasteiger partial charge in [-0.1, -0.05) is 0 Å². The Morgan fingerprint density at radius 3 is 1.97 bits per heavy atom. The number of rotatable bonds is 5. The van der Waals surface area contributed by atoms with Crippen LogP contribution in [0, 0.1) is 0 Å². The molecule has 3 rings (SSSR count). The fourth-order valence-corrected chi connectivity index (χ4v) is 3.69. The fraction of sp³-hybridized carbons (Fsp3) is 1.00. The lowest BCUT2D eigenvalue weighted by atomic mass is 9.97. The third-order valence-electron chi connectivity index (χ3n) is 5.66. The second-order valence-corrected chi connectivity index (χ2v) is 7.87. The maximum absolute atomic E-state index is 10.6. The molecule has 3 saturated heterocycles. The molecule has 0 saturated carbocycles. The highest BCUT2D eigenvalue weighted by Crippen LogP contribution is 2.31. The second kappa shape index (κ2) is 10.1. The van der Waals surface area contributed by atoms with Gasteiger partial charge in [0, 0.05) is 0 Å². The Hall–Kier alpha value is -0.560. The van der Waals surface area contributed by atoms with E-state index in [0.29, 0.717) is 0 Å². The molecule has 0 radical (unpaired) electrons. The lowest BCUT2D eigenvalue weighted by Crippen LogP contribution is -2.65. The Balaban J connectivity index is 1.72. The Kier molecular flexibility index (Phi) is 8.21. The van der Waals surface area contributed by atoms with Crippen LogP contribution in [0.15, 0.2) is 0 Å². The molecule has 0 aliphatic carbocycles. The molecule has 3 heterocycles. The molecule has 3 aliphatic rings. The topological polar surface area (TPSA) is 228 Å². The second-order valence-electron chi connectivity index (χ2n) is 7.87. The zero-order chi connectivity index (χ0) is 23.0. The van der Waals surface area contributed by atoms with E-state index in [4.69, 9.17) is 23.7 Å². The molecule has 14 heteroatoms. The molecule has 14 atom stereocenters. The summed E-state index contributed by atoms with van der Waals surface area (Å²) in [5.41, 5.74) is 0. The minimum atomic E-state index is -1.78. The molecule has 0 aromatic carbocycles. The van der Waals surface area contributed by atoms with Crippen molar-refractivity contribution in [2.24, 2.45) is 0 Å². The standard InChI is InChI=1S/C17H30O14/c1-4-7(20)13(30-16-11(24)10(23)9(22)6(2-18)29-16)12(25)17(28-4)31-14-8(21)5(19)3-27-15(14)26/h4-26H,2-3H2,1H3/t4-,5+,6+,7-,8+,9+,10-,11+,12+,13+,14-,15+,16-,17-/m0/s1. The van der Waals surface area contributed by atoms with Gasteiger partial charge in [-0.15, -0.1) is 0 Å². The van der Waals surface area contributed by atoms with Crippen LogP contribution in [0.3, 0.4) is 0 Å². The largest absolute Gasteiger partial charge is 0.394 e. The van der Waals surface area contributed by atoms with Gasteiger partial charge in [-0.05, 0) is 6.92 Å². The molecular weight excluding hydrogens is 428 g/mol. The summed E-state index contributed by atoms with van der Waals surface area (Å²) >= 11 is 0. The normalized spacial score (nSPS) is 54.0. The van der Waals surface area contributed by atoms with E-state index in [9.17, 15) is 46.0 Å². The molecular formula is C17H30O14. The predicted molar refractivity (Wildman–Crippen MR) is 93.8 cm³/mol. The van der Waals surface area contributed by atoms with Crippen LogP contribution in [-0.4, -0.2) is 145 Å². The van der Waals surface area contributed by atoms with Crippen molar-refractivity contribution in [2.45, 2.75) is 92.9 Å². The zero-order valence-electron chi connectivity index (χ0n) is 16.6. The van der Waals surface area contributed by atoms with Crippen LogP contribution in [-0.2, 0) is 23.7 Å². The first-order valence-corrected chi connectivity index (χ1v) is 9.85. The summed E-state index contributed by atoms with van der Waals surface area (Å²) in [6.45, 7) is 0.371. The predicted octanol–water partition coefficient (Wildman–Crippen LogP) is -5.91. The monoisotopic (exact) mass is 458 g/mol. The highest BCUT2D eigenvalue weighted by Gasteiger charge is 2.51. The van der Waals surface area contributed by atoms with Gasteiger partial charge in [0.2, 0.25) is 0 Å². The molecule has 3 fully saturated rings. The van der Waals surface area contributed by atoms with Crippen molar-refractivity contribution in [1.82, 2.24) is 0 Å². The fourth-order valence-electron chi connectivity index (χ4n) is 3.69. The van der Waals surface area contributed by atoms with Gasteiger partial charge in [0.1, 0.15) is 61.0 Å². The summed E-state index contributed by atoms with van der Waals surface area (Å²) in [6, 6.07) is 0. The maximum atomic E-state index is 10.6. The van der Waals surface area contributed by atoms with E-state index in [1.54, 1.807) is 0 Å². The van der Waals surface area contributed by atoms with Crippen molar-refractivity contribution < 1.29 is 69.6 Å². The highest BCUT2D eigenvalue weighted by atomic mass is 16.7. The van der Waals surface area contributed by atoms with Crippen LogP contribution in [0.2, 0.25) is 0 Å². The summed E-state index contributed by atoms with van der Waals surface area (Å²) in [5, 5.41) is 89.9. The average Bonchev–Trinajstić information content (AvgIpc) is 2.74. The summed E-state index contributed by atoms with van der Waals surface area (Å²) < 4.78 is 26.4. The van der Waals surface area contributed by atoms with Crippen LogP contribution in [0.5, 0.6) is 0 Å². The van der Waals surface area contributed by atoms with Gasteiger partial charge in [-0.3, -0.25) is 0 Å². The van der Waals surface area contributed by atoms with Gasteiger partial charge in [-0.2, -0.15) is 0 Å². The zero-order valence-corrected chi connectivity index (χ0v) is 16.6. The van der Waals surface area contributed by atoms with Gasteiger partial charge < -0.3 is 69.6 Å². The Labute approximate surface area is 176 Å². The van der Waals surface area contributed by atoms with Crippen molar-refractivity contribution in [1.29, 1.82) is 0 Å². The number of aliphatic hydroxyl groups excluding tert-OH is 9. The molecule has 31 heavy (non-hydrogen) atoms. The molecule has 3 aliphatic heterocycles. The summed E-state index contributed by atoms with van der Waals surface area (Å²) in [4.78, 5) is 0. The third-order valence-corrected chi connectivity index (χ3v) is 5.66. The number of aliphatic hydroxyl groups is 9. The van der Waals surface area contributed by atoms with Gasteiger partial charge in [0.15, 0.2) is 18.9 Å². The molecule has 0 aromatic rings. The summed E-state index contributed by atoms with van der Waals surface area (Å²) in [7, 11) is 0. The molecule has 0 unspecified atom stereocenters. The quantitative estimate of drug-likeness (QED) is 0.187. The van der Waals surface area contributed by atoms with Gasteiger partial charge in [0.05, 0.1) is 19.3 Å². The summed E-state index contributed by atoms with van der Waals surface area (Å²) in [6.07, 6.45) is -21.4. The Morgan fingerprint density at radius 1 is 0.710 bits per heavy atom. The lowest BCUT2D eigenvalue weighted by Gasteiger charge is -2.47. The van der Waals surface area contributed by atoms with E-state index in [1.807, 2.05) is 0 Å². The first kappa shape index (κ1) is 25.1. The summed E-state index contributed by atoms with van der Waals surface area (Å²) in [5.74, 6) is 0. The van der Waals surface area contributed by atoms with Crippen LogP contribution in [0.25, 0.3) is 0 Å². The smallest absolute Gasteiger partial charge is 0.187 e. The van der Waals surface area contributed by atoms with E-state index in [1.165, 1.54) is 6.92 Å². The van der Waals surface area contributed by atoms with E-state index in [0.717, 1.165) is 0 Å². The Morgan fingerprint density at radius 2 is 1.32 bits per heavy atom.